The Morgan fingerprint density at radius 3 is 2.17 bits per heavy atom. The van der Waals surface area contributed by atoms with Crippen LogP contribution in [0.15, 0.2) is 79.4 Å². The number of imidazole rings is 1. The number of aliphatic hydroxyl groups is 1. The van der Waals surface area contributed by atoms with Gasteiger partial charge in [-0.15, -0.1) is 10.2 Å². The summed E-state index contributed by atoms with van der Waals surface area (Å²) in [5.74, 6) is 1.57. The molecule has 5 aromatic rings. The molecule has 18 nitrogen and oxygen atoms in total. The van der Waals surface area contributed by atoms with Crippen molar-refractivity contribution in [3.8, 4) is 22.7 Å². The second-order valence-electron chi connectivity index (χ2n) is 21.8. The number of hydrogen-bond acceptors (Lipinski definition) is 14. The number of nitrogens with zero attached hydrogens (tertiary/aromatic N) is 10. The Labute approximate surface area is 421 Å². The number of amides is 3. The van der Waals surface area contributed by atoms with Crippen LogP contribution in [0.25, 0.3) is 16.9 Å². The van der Waals surface area contributed by atoms with Gasteiger partial charge in [-0.2, -0.15) is 0 Å². The van der Waals surface area contributed by atoms with Gasteiger partial charge in [-0.3, -0.25) is 14.4 Å². The number of carbonyl (C=O) groups is 3. The van der Waals surface area contributed by atoms with Crippen molar-refractivity contribution in [2.45, 2.75) is 134 Å². The summed E-state index contributed by atoms with van der Waals surface area (Å²) < 4.78 is 1.98. The van der Waals surface area contributed by atoms with Gasteiger partial charge in [0.15, 0.2) is 5.82 Å². The lowest BCUT2D eigenvalue weighted by Gasteiger charge is -2.42. The second kappa shape index (κ2) is 20.5. The Hall–Kier alpha value is -6.66. The minimum Gasteiger partial charge on any atom is -0.507 e. The van der Waals surface area contributed by atoms with Gasteiger partial charge in [-0.05, 0) is 124 Å². The van der Waals surface area contributed by atoms with E-state index in [4.69, 9.17) is 15.7 Å². The van der Waals surface area contributed by atoms with Crippen molar-refractivity contribution in [3.05, 3.63) is 96.3 Å². The average molecular weight is 980 g/mol. The molecular formula is C54H69N13O5. The summed E-state index contributed by atoms with van der Waals surface area (Å²) in [6.45, 7) is 11.5. The maximum atomic E-state index is 14.3. The summed E-state index contributed by atoms with van der Waals surface area (Å²) >= 11 is 0. The molecule has 4 saturated heterocycles. The number of phenolic OH excluding ortho intramolecular Hbond substituents is 1. The number of benzene rings is 2. The summed E-state index contributed by atoms with van der Waals surface area (Å²) in [5, 5.41) is 35.8. The second-order valence-corrected chi connectivity index (χ2v) is 21.8. The van der Waals surface area contributed by atoms with Crippen LogP contribution in [0.5, 0.6) is 5.75 Å². The van der Waals surface area contributed by atoms with Crippen LogP contribution in [-0.4, -0.2) is 136 Å². The molecule has 7 heterocycles. The Kier molecular flexibility index (Phi) is 13.9. The van der Waals surface area contributed by atoms with Crippen molar-refractivity contribution in [3.63, 3.8) is 0 Å². The number of phenols is 1. The number of piperazine rings is 1. The first-order valence-corrected chi connectivity index (χ1v) is 25.8. The number of nitrogens with two attached hydrogens (primary N) is 1. The van der Waals surface area contributed by atoms with E-state index >= 15 is 0 Å². The Morgan fingerprint density at radius 2 is 1.51 bits per heavy atom. The molecular weight excluding hydrogens is 911 g/mol. The summed E-state index contributed by atoms with van der Waals surface area (Å²) in [6, 6.07) is 16.1. The Morgan fingerprint density at radius 1 is 0.833 bits per heavy atom. The molecule has 4 aliphatic heterocycles. The Balaban J connectivity index is 0.686. The van der Waals surface area contributed by atoms with Crippen molar-refractivity contribution in [1.29, 1.82) is 0 Å². The van der Waals surface area contributed by atoms with Gasteiger partial charge in [-0.25, -0.2) is 15.0 Å². The lowest BCUT2D eigenvalue weighted by molar-refractivity contribution is -0.144. The highest BCUT2D eigenvalue weighted by molar-refractivity contribution is 5.93. The largest absolute Gasteiger partial charge is 0.507 e. The van der Waals surface area contributed by atoms with E-state index in [-0.39, 0.29) is 61.0 Å². The molecule has 3 amide bonds. The van der Waals surface area contributed by atoms with Crippen LogP contribution in [0.4, 0.5) is 17.5 Å². The summed E-state index contributed by atoms with van der Waals surface area (Å²) in [4.78, 5) is 64.8. The van der Waals surface area contributed by atoms with Gasteiger partial charge in [0.2, 0.25) is 23.7 Å². The molecule has 1 aliphatic carbocycles. The van der Waals surface area contributed by atoms with E-state index in [1.807, 2.05) is 93.3 Å². The van der Waals surface area contributed by atoms with E-state index in [1.54, 1.807) is 18.3 Å². The number of likely N-dealkylation sites (tertiary alicyclic amines) is 2. The van der Waals surface area contributed by atoms with Crippen LogP contribution in [0.2, 0.25) is 0 Å². The summed E-state index contributed by atoms with van der Waals surface area (Å²) in [5.41, 5.74) is 10.8. The van der Waals surface area contributed by atoms with Crippen molar-refractivity contribution in [2.24, 2.45) is 11.3 Å². The zero-order valence-corrected chi connectivity index (χ0v) is 41.9. The first-order valence-electron chi connectivity index (χ1n) is 25.8. The van der Waals surface area contributed by atoms with Crippen LogP contribution in [0.3, 0.4) is 0 Å². The average Bonchev–Trinajstić information content (AvgIpc) is 4.08. The van der Waals surface area contributed by atoms with Gasteiger partial charge >= 0.3 is 0 Å². The summed E-state index contributed by atoms with van der Waals surface area (Å²) in [6.07, 6.45) is 14.5. The van der Waals surface area contributed by atoms with Crippen molar-refractivity contribution in [2.75, 3.05) is 48.3 Å². The standard InChI is InChI=1S/C54H69N13O5/c1-33-56-21-24-65(33)39-13-9-34(10-14-39)27-57-51(71)46-25-42(68)32-66(46)52(72)48(54(2,3)4)60-50(70)36-11-15-38(16-12-36)63-22-19-35(20-23-63)37-28-58-53(59-29-37)67-40-17-18-41(67)31-64(30-40)45-26-44(61-62-49(45)55)43-7-5-6-8-47(43)69/h5-10,13-14,21,24,26,28-29,35-36,38,40-42,46,48,68-69H,11-12,15-20,22-23,25,27,30-32H2,1-4H3,(H2,55,62)(H,57,71)(H,60,70)/t36-,38-,40?,41?,42-,46+,48-/m1/s1. The monoisotopic (exact) mass is 980 g/mol. The SMILES string of the molecule is Cc1nccn1-c1ccc(CNC(=O)[C@@H]2C[C@@H](O)CN2C(=O)[C@@H](NC(=O)[C@H]2CC[C@H](N3CCC(c4cnc(N5C6CCC5CN(c5cc(-c7ccccc7O)nnc5N)C6)nc4)CC3)CC2)C(C)(C)C)cc1. The fourth-order valence-electron chi connectivity index (χ4n) is 12.0. The first-order chi connectivity index (χ1) is 34.7. The maximum Gasteiger partial charge on any atom is 0.246 e. The Bertz CT molecular complexity index is 2710. The van der Waals surface area contributed by atoms with Gasteiger partial charge in [0.1, 0.15) is 23.7 Å². The number of β-amino-alcohol motifs (C(OH)–C–C–N with tert-alkyl or cyclic N) is 1. The predicted octanol–water partition coefficient (Wildman–Crippen LogP) is 5.12. The maximum absolute atomic E-state index is 14.3. The lowest BCUT2D eigenvalue weighted by Crippen LogP contribution is -2.58. The van der Waals surface area contributed by atoms with Crippen LogP contribution in [0, 0.1) is 18.3 Å². The number of hydrogen-bond donors (Lipinski definition) is 5. The molecule has 380 valence electrons. The number of aryl methyl sites for hydroxylation is 1. The number of para-hydroxylation sites is 1. The molecule has 2 unspecified atom stereocenters. The molecule has 10 rings (SSSR count). The molecule has 0 radical (unpaired) electrons. The quantitative estimate of drug-likeness (QED) is 0.110. The molecule has 0 spiro atoms. The zero-order chi connectivity index (χ0) is 50.3. The minimum atomic E-state index is -0.859. The van der Waals surface area contributed by atoms with Crippen LogP contribution >= 0.6 is 0 Å². The number of aromatic hydroxyl groups is 1. The normalized spacial score (nSPS) is 24.3. The van der Waals surface area contributed by atoms with Gasteiger partial charge < -0.3 is 50.7 Å². The molecule has 3 aromatic heterocycles. The lowest BCUT2D eigenvalue weighted by atomic mass is 9.81. The van der Waals surface area contributed by atoms with Crippen molar-refractivity contribution >= 4 is 35.2 Å². The predicted molar refractivity (Wildman–Crippen MR) is 274 cm³/mol. The van der Waals surface area contributed by atoms with Crippen molar-refractivity contribution in [1.82, 2.24) is 50.1 Å². The number of rotatable bonds is 12. The third-order valence-corrected chi connectivity index (χ3v) is 16.0. The number of aromatic nitrogens is 6. The molecule has 2 bridgehead atoms. The van der Waals surface area contributed by atoms with E-state index < -0.39 is 23.6 Å². The first kappa shape index (κ1) is 48.9. The third kappa shape index (κ3) is 10.2. The van der Waals surface area contributed by atoms with Crippen molar-refractivity contribution < 1.29 is 24.6 Å². The number of fused-ring (bicyclic) bond motifs is 2. The number of aliphatic hydroxyl groups excluding tert-OH is 1. The number of nitrogens with one attached hydrogen (secondary N) is 2. The molecule has 6 N–H and O–H groups in total. The molecule has 1 saturated carbocycles. The molecule has 5 atom stereocenters. The highest BCUT2D eigenvalue weighted by Gasteiger charge is 2.46. The molecule has 2 aromatic carbocycles. The number of carbonyl (C=O) groups excluding carboxylic acids is 3. The smallest absolute Gasteiger partial charge is 0.246 e. The number of piperidine rings is 1. The van der Waals surface area contributed by atoms with E-state index in [2.05, 4.69) is 40.5 Å². The number of anilines is 3. The highest BCUT2D eigenvalue weighted by atomic mass is 16.3. The third-order valence-electron chi connectivity index (χ3n) is 16.0. The van der Waals surface area contributed by atoms with Gasteiger partial charge in [-0.1, -0.05) is 45.0 Å². The molecule has 5 aliphatic rings. The molecule has 18 heteroatoms. The van der Waals surface area contributed by atoms with Gasteiger partial charge in [0, 0.05) is 92.7 Å². The molecule has 72 heavy (non-hydrogen) atoms. The molecule has 5 fully saturated rings. The fraction of sp³-hybridized carbons (Fsp3) is 0.519. The van der Waals surface area contributed by atoms with Gasteiger partial charge in [0.25, 0.3) is 0 Å². The summed E-state index contributed by atoms with van der Waals surface area (Å²) in [7, 11) is 0. The van der Waals surface area contributed by atoms with Crippen LogP contribution in [-0.2, 0) is 20.9 Å². The highest BCUT2D eigenvalue weighted by Crippen LogP contribution is 2.39. The van der Waals surface area contributed by atoms with Crippen LogP contribution in [0.1, 0.15) is 101 Å². The van der Waals surface area contributed by atoms with E-state index in [9.17, 15) is 24.6 Å². The van der Waals surface area contributed by atoms with Gasteiger partial charge in [0.05, 0.1) is 17.5 Å². The van der Waals surface area contributed by atoms with E-state index in [0.717, 1.165) is 106 Å². The minimum absolute atomic E-state index is 0.0333. The fourth-order valence-corrected chi connectivity index (χ4v) is 12.0. The van der Waals surface area contributed by atoms with E-state index in [1.165, 1.54) is 10.5 Å². The topological polar surface area (TPSA) is 224 Å². The zero-order valence-electron chi connectivity index (χ0n) is 41.9. The number of nitrogen functional groups attached to an aromatic ring is 1. The van der Waals surface area contributed by atoms with E-state index in [0.29, 0.717) is 29.0 Å². The van der Waals surface area contributed by atoms with Crippen LogP contribution < -0.4 is 26.2 Å².